The van der Waals surface area contributed by atoms with E-state index in [0.29, 0.717) is 0 Å². The molecule has 1 aromatic heterocycles. The fourth-order valence-electron chi connectivity index (χ4n) is 4.46. The number of piperazine rings is 1. The molecule has 4 rings (SSSR count). The van der Waals surface area contributed by atoms with Crippen molar-refractivity contribution in [2.24, 2.45) is 7.05 Å². The minimum absolute atomic E-state index is 0.0966. The van der Waals surface area contributed by atoms with Crippen LogP contribution in [0.2, 0.25) is 0 Å². The van der Waals surface area contributed by atoms with Gasteiger partial charge in [0.2, 0.25) is 0 Å². The van der Waals surface area contributed by atoms with Gasteiger partial charge in [-0.2, -0.15) is 5.10 Å². The zero-order chi connectivity index (χ0) is 18.6. The highest BCUT2D eigenvalue weighted by molar-refractivity contribution is 5.70. The monoisotopic (exact) mass is 354 g/mol. The molecule has 2 aliphatic heterocycles. The molecule has 0 spiro atoms. The molecule has 3 heterocycles. The summed E-state index contributed by atoms with van der Waals surface area (Å²) in [6.07, 6.45) is 3.01. The zero-order valence-corrected chi connectivity index (χ0v) is 16.9. The maximum absolute atomic E-state index is 6.27. The van der Waals surface area contributed by atoms with E-state index in [9.17, 15) is 0 Å². The van der Waals surface area contributed by atoms with Gasteiger partial charge in [0.25, 0.3) is 0 Å². The summed E-state index contributed by atoms with van der Waals surface area (Å²) in [6, 6.07) is 2.10. The van der Waals surface area contributed by atoms with Crippen LogP contribution in [-0.2, 0) is 13.5 Å². The maximum Gasteiger partial charge on any atom is 0.150 e. The first-order valence-corrected chi connectivity index (χ1v) is 9.58. The van der Waals surface area contributed by atoms with E-state index in [1.165, 1.54) is 27.9 Å². The summed E-state index contributed by atoms with van der Waals surface area (Å²) >= 11 is 0. The molecule has 2 aliphatic rings. The molecule has 0 N–H and O–H groups in total. The van der Waals surface area contributed by atoms with Crippen molar-refractivity contribution in [1.29, 1.82) is 0 Å². The average Bonchev–Trinajstić information content (AvgIpc) is 3.17. The van der Waals surface area contributed by atoms with Gasteiger partial charge in [-0.25, -0.2) is 0 Å². The van der Waals surface area contributed by atoms with E-state index in [2.05, 4.69) is 55.6 Å². The standard InChI is InChI=1S/C21H30N4O/c1-14-15(2)20-17(13-21(4,5)26-20)16(3)19(14)25-11-9-24(10-12-25)18-7-8-23(6)22-18/h7-8H,9-13H2,1-6H3. The topological polar surface area (TPSA) is 33.5 Å². The number of anilines is 2. The number of benzene rings is 1. The van der Waals surface area contributed by atoms with Crippen LogP contribution in [0.3, 0.4) is 0 Å². The van der Waals surface area contributed by atoms with Gasteiger partial charge in [-0.1, -0.05) is 0 Å². The van der Waals surface area contributed by atoms with E-state index < -0.39 is 0 Å². The molecule has 0 bridgehead atoms. The van der Waals surface area contributed by atoms with Crippen molar-refractivity contribution < 1.29 is 4.74 Å². The lowest BCUT2D eigenvalue weighted by atomic mass is 9.92. The van der Waals surface area contributed by atoms with Crippen LogP contribution < -0.4 is 14.5 Å². The zero-order valence-electron chi connectivity index (χ0n) is 16.9. The number of nitrogens with zero attached hydrogens (tertiary/aromatic N) is 4. The van der Waals surface area contributed by atoms with Gasteiger partial charge in [0.1, 0.15) is 11.4 Å². The lowest BCUT2D eigenvalue weighted by Crippen LogP contribution is -2.47. The molecule has 2 aromatic rings. The molecule has 140 valence electrons. The fourth-order valence-corrected chi connectivity index (χ4v) is 4.46. The van der Waals surface area contributed by atoms with Crippen LogP contribution >= 0.6 is 0 Å². The van der Waals surface area contributed by atoms with Gasteiger partial charge in [0.15, 0.2) is 5.82 Å². The molecule has 0 atom stereocenters. The highest BCUT2D eigenvalue weighted by Crippen LogP contribution is 2.45. The van der Waals surface area contributed by atoms with Gasteiger partial charge < -0.3 is 14.5 Å². The summed E-state index contributed by atoms with van der Waals surface area (Å²) in [5.74, 6) is 2.21. The largest absolute Gasteiger partial charge is 0.487 e. The molecule has 1 aromatic carbocycles. The average molecular weight is 354 g/mol. The molecule has 5 nitrogen and oxygen atoms in total. The molecule has 1 saturated heterocycles. The minimum Gasteiger partial charge on any atom is -0.487 e. The summed E-state index contributed by atoms with van der Waals surface area (Å²) in [4.78, 5) is 4.94. The summed E-state index contributed by atoms with van der Waals surface area (Å²) in [5.41, 5.74) is 6.80. The Kier molecular flexibility index (Phi) is 3.94. The highest BCUT2D eigenvalue weighted by Gasteiger charge is 2.35. The van der Waals surface area contributed by atoms with Crippen LogP contribution in [0.25, 0.3) is 0 Å². The van der Waals surface area contributed by atoms with E-state index in [1.807, 2.05) is 17.9 Å². The Labute approximate surface area is 156 Å². The molecule has 26 heavy (non-hydrogen) atoms. The van der Waals surface area contributed by atoms with Gasteiger partial charge >= 0.3 is 0 Å². The normalized spacial score (nSPS) is 18.8. The summed E-state index contributed by atoms with van der Waals surface area (Å²) in [6.45, 7) is 15.2. The quantitative estimate of drug-likeness (QED) is 0.828. The second-order valence-corrected chi connectivity index (χ2v) is 8.39. The van der Waals surface area contributed by atoms with Crippen molar-refractivity contribution in [2.45, 2.75) is 46.6 Å². The number of rotatable bonds is 2. The van der Waals surface area contributed by atoms with Gasteiger partial charge in [0, 0.05) is 63.2 Å². The lowest BCUT2D eigenvalue weighted by molar-refractivity contribution is 0.137. The van der Waals surface area contributed by atoms with Crippen LogP contribution in [0.5, 0.6) is 5.75 Å². The van der Waals surface area contributed by atoms with Crippen molar-refractivity contribution in [1.82, 2.24) is 9.78 Å². The first kappa shape index (κ1) is 17.3. The Balaban J connectivity index is 1.61. The number of fused-ring (bicyclic) bond motifs is 1. The summed E-state index contributed by atoms with van der Waals surface area (Å²) < 4.78 is 8.15. The third-order valence-corrected chi connectivity index (χ3v) is 5.94. The van der Waals surface area contributed by atoms with Gasteiger partial charge in [0.05, 0.1) is 0 Å². The number of ether oxygens (including phenoxy) is 1. The predicted molar refractivity (Wildman–Crippen MR) is 107 cm³/mol. The molecular formula is C21H30N4O. The van der Waals surface area contributed by atoms with E-state index in [-0.39, 0.29) is 5.60 Å². The Bertz CT molecular complexity index is 844. The first-order valence-electron chi connectivity index (χ1n) is 9.58. The molecule has 0 unspecified atom stereocenters. The second kappa shape index (κ2) is 5.93. The fraction of sp³-hybridized carbons (Fsp3) is 0.571. The lowest BCUT2D eigenvalue weighted by Gasteiger charge is -2.38. The van der Waals surface area contributed by atoms with Crippen molar-refractivity contribution in [3.05, 3.63) is 34.5 Å². The number of hydrogen-bond acceptors (Lipinski definition) is 4. The van der Waals surface area contributed by atoms with Gasteiger partial charge in [-0.15, -0.1) is 0 Å². The molecule has 0 amide bonds. The van der Waals surface area contributed by atoms with Crippen LogP contribution in [0.1, 0.15) is 36.1 Å². The third kappa shape index (κ3) is 2.74. The summed E-state index contributed by atoms with van der Waals surface area (Å²) in [7, 11) is 1.98. The predicted octanol–water partition coefficient (Wildman–Crippen LogP) is 3.39. The van der Waals surface area contributed by atoms with Crippen LogP contribution in [0.4, 0.5) is 11.5 Å². The van der Waals surface area contributed by atoms with Crippen LogP contribution in [0.15, 0.2) is 12.3 Å². The Morgan fingerprint density at radius 1 is 0.962 bits per heavy atom. The molecular weight excluding hydrogens is 324 g/mol. The Morgan fingerprint density at radius 3 is 2.23 bits per heavy atom. The second-order valence-electron chi connectivity index (χ2n) is 8.39. The van der Waals surface area contributed by atoms with Crippen molar-refractivity contribution in [3.8, 4) is 5.75 Å². The molecule has 0 saturated carbocycles. The Morgan fingerprint density at radius 2 is 1.62 bits per heavy atom. The van der Waals surface area contributed by atoms with E-state index in [0.717, 1.165) is 44.2 Å². The molecule has 0 aliphatic carbocycles. The minimum atomic E-state index is -0.0966. The number of aryl methyl sites for hydroxylation is 1. The number of hydrogen-bond donors (Lipinski definition) is 0. The van der Waals surface area contributed by atoms with Crippen molar-refractivity contribution in [3.63, 3.8) is 0 Å². The summed E-state index contributed by atoms with van der Waals surface area (Å²) in [5, 5.41) is 4.55. The smallest absolute Gasteiger partial charge is 0.150 e. The molecule has 1 fully saturated rings. The van der Waals surface area contributed by atoms with Gasteiger partial charge in [-0.05, 0) is 51.3 Å². The van der Waals surface area contributed by atoms with Crippen molar-refractivity contribution >= 4 is 11.5 Å². The van der Waals surface area contributed by atoms with Crippen LogP contribution in [0, 0.1) is 20.8 Å². The van der Waals surface area contributed by atoms with E-state index >= 15 is 0 Å². The molecule has 0 radical (unpaired) electrons. The van der Waals surface area contributed by atoms with Gasteiger partial charge in [-0.3, -0.25) is 4.68 Å². The van der Waals surface area contributed by atoms with Crippen LogP contribution in [-0.4, -0.2) is 41.6 Å². The highest BCUT2D eigenvalue weighted by atomic mass is 16.5. The maximum atomic E-state index is 6.27. The third-order valence-electron chi connectivity index (χ3n) is 5.94. The van der Waals surface area contributed by atoms with E-state index in [1.54, 1.807) is 0 Å². The number of aromatic nitrogens is 2. The van der Waals surface area contributed by atoms with E-state index in [4.69, 9.17) is 4.74 Å². The first-order chi connectivity index (χ1) is 12.3. The molecule has 5 heteroatoms. The SMILES string of the molecule is Cc1c(C)c(N2CCN(c3ccn(C)n3)CC2)c(C)c2c1OC(C)(C)C2. The Hall–Kier alpha value is -2.17. The van der Waals surface area contributed by atoms with Crippen molar-refractivity contribution in [2.75, 3.05) is 36.0 Å².